The number of ether oxygens (including phenoxy) is 1. The molecule has 0 rings (SSSR count). The molecule has 12 heavy (non-hydrogen) atoms. The summed E-state index contributed by atoms with van der Waals surface area (Å²) in [5, 5.41) is 10.4. The first-order valence-electron chi connectivity index (χ1n) is 4.21. The van der Waals surface area contributed by atoms with Gasteiger partial charge in [0.2, 0.25) is 0 Å². The highest BCUT2D eigenvalue weighted by atomic mass is 35.5. The van der Waals surface area contributed by atoms with E-state index in [4.69, 9.17) is 27.9 Å². The highest BCUT2D eigenvalue weighted by Crippen LogP contribution is 2.02. The van der Waals surface area contributed by atoms with Crippen LogP contribution in [0.25, 0.3) is 0 Å². The van der Waals surface area contributed by atoms with Crippen LogP contribution in [-0.2, 0) is 9.84 Å². The normalized spacial score (nSPS) is 13.2. The van der Waals surface area contributed by atoms with Gasteiger partial charge in [0.1, 0.15) is 0 Å². The van der Waals surface area contributed by atoms with Crippen molar-refractivity contribution in [3.05, 3.63) is 0 Å². The SMILES string of the molecule is [O]C(Cl)CCCOCCCCCl. The van der Waals surface area contributed by atoms with Crippen LogP contribution in [0.15, 0.2) is 0 Å². The van der Waals surface area contributed by atoms with E-state index in [-0.39, 0.29) is 0 Å². The van der Waals surface area contributed by atoms with Crippen molar-refractivity contribution < 1.29 is 9.84 Å². The largest absolute Gasteiger partial charge is 0.381 e. The quantitative estimate of drug-likeness (QED) is 0.451. The molecule has 1 radical (unpaired) electrons. The van der Waals surface area contributed by atoms with Crippen LogP contribution in [0.2, 0.25) is 0 Å². The summed E-state index contributed by atoms with van der Waals surface area (Å²) in [5.41, 5.74) is -0.976. The topological polar surface area (TPSA) is 29.1 Å². The van der Waals surface area contributed by atoms with Crippen molar-refractivity contribution in [3.63, 3.8) is 0 Å². The Morgan fingerprint density at radius 3 is 2.42 bits per heavy atom. The van der Waals surface area contributed by atoms with Crippen molar-refractivity contribution in [1.29, 1.82) is 0 Å². The number of hydrogen-bond donors (Lipinski definition) is 0. The third kappa shape index (κ3) is 10.5. The van der Waals surface area contributed by atoms with Gasteiger partial charge in [0, 0.05) is 19.1 Å². The van der Waals surface area contributed by atoms with Gasteiger partial charge in [-0.05, 0) is 25.7 Å². The van der Waals surface area contributed by atoms with Crippen LogP contribution in [0.4, 0.5) is 0 Å². The van der Waals surface area contributed by atoms with E-state index >= 15 is 0 Å². The summed E-state index contributed by atoms with van der Waals surface area (Å²) in [6, 6.07) is 0. The summed E-state index contributed by atoms with van der Waals surface area (Å²) < 4.78 is 5.23. The molecule has 0 aliphatic rings. The molecule has 0 N–H and O–H groups in total. The molecule has 0 amide bonds. The molecule has 0 fully saturated rings. The van der Waals surface area contributed by atoms with Crippen LogP contribution in [0.3, 0.4) is 0 Å². The molecule has 4 heteroatoms. The average Bonchev–Trinajstić information content (AvgIpc) is 2.02. The molecule has 0 saturated carbocycles. The zero-order chi connectivity index (χ0) is 9.23. The summed E-state index contributed by atoms with van der Waals surface area (Å²) in [6.45, 7) is 1.37. The molecule has 0 aliphatic carbocycles. The molecule has 0 heterocycles. The number of hydrogen-bond acceptors (Lipinski definition) is 1. The first-order chi connectivity index (χ1) is 5.77. The fourth-order valence-electron chi connectivity index (χ4n) is 0.747. The minimum absolute atomic E-state index is 0.483. The minimum atomic E-state index is -0.976. The van der Waals surface area contributed by atoms with Gasteiger partial charge in [-0.2, -0.15) is 0 Å². The molecule has 1 atom stereocenters. The maximum absolute atomic E-state index is 10.4. The van der Waals surface area contributed by atoms with E-state index in [1.54, 1.807) is 0 Å². The molecular formula is C8H15Cl2O2. The van der Waals surface area contributed by atoms with Gasteiger partial charge in [0.15, 0.2) is 5.56 Å². The summed E-state index contributed by atoms with van der Waals surface area (Å²) >= 11 is 10.7. The highest BCUT2D eigenvalue weighted by molar-refractivity contribution is 6.19. The fraction of sp³-hybridized carbons (Fsp3) is 1.00. The van der Waals surface area contributed by atoms with Crippen LogP contribution < -0.4 is 0 Å². The molecule has 0 aliphatic heterocycles. The van der Waals surface area contributed by atoms with E-state index < -0.39 is 5.56 Å². The van der Waals surface area contributed by atoms with Gasteiger partial charge in [-0.3, -0.25) is 0 Å². The van der Waals surface area contributed by atoms with E-state index in [1.807, 2.05) is 0 Å². The molecular weight excluding hydrogens is 199 g/mol. The van der Waals surface area contributed by atoms with Crippen molar-refractivity contribution in [2.75, 3.05) is 19.1 Å². The zero-order valence-electron chi connectivity index (χ0n) is 7.10. The molecule has 73 valence electrons. The lowest BCUT2D eigenvalue weighted by Crippen LogP contribution is -2.00. The third-order valence-electron chi connectivity index (χ3n) is 1.39. The van der Waals surface area contributed by atoms with Gasteiger partial charge >= 0.3 is 0 Å². The smallest absolute Gasteiger partial charge is 0.166 e. The average molecular weight is 214 g/mol. The van der Waals surface area contributed by atoms with Crippen LogP contribution in [-0.4, -0.2) is 24.7 Å². The monoisotopic (exact) mass is 213 g/mol. The van der Waals surface area contributed by atoms with Crippen LogP contribution in [0.1, 0.15) is 25.7 Å². The second kappa shape index (κ2) is 9.59. The molecule has 0 spiro atoms. The number of alkyl halides is 2. The lowest BCUT2D eigenvalue weighted by molar-refractivity contribution is 0.104. The Balaban J connectivity index is 2.82. The maximum Gasteiger partial charge on any atom is 0.166 e. The molecule has 0 aromatic carbocycles. The van der Waals surface area contributed by atoms with Crippen LogP contribution in [0.5, 0.6) is 0 Å². The molecule has 0 aromatic heterocycles. The number of unbranched alkanes of at least 4 members (excludes halogenated alkanes) is 1. The van der Waals surface area contributed by atoms with E-state index in [2.05, 4.69) is 0 Å². The number of rotatable bonds is 8. The van der Waals surface area contributed by atoms with Crippen LogP contribution >= 0.6 is 23.2 Å². The van der Waals surface area contributed by atoms with Crippen molar-refractivity contribution in [2.24, 2.45) is 0 Å². The van der Waals surface area contributed by atoms with Gasteiger partial charge in [0.05, 0.1) is 0 Å². The summed E-state index contributed by atoms with van der Waals surface area (Å²) in [4.78, 5) is 0. The molecule has 2 nitrogen and oxygen atoms in total. The predicted octanol–water partition coefficient (Wildman–Crippen LogP) is 2.80. The molecule has 1 unspecified atom stereocenters. The Morgan fingerprint density at radius 2 is 1.83 bits per heavy atom. The molecule has 0 saturated heterocycles. The zero-order valence-corrected chi connectivity index (χ0v) is 8.61. The van der Waals surface area contributed by atoms with Gasteiger partial charge in [0.25, 0.3) is 0 Å². The fourth-order valence-corrected chi connectivity index (χ4v) is 1.09. The summed E-state index contributed by atoms with van der Waals surface area (Å²) in [5.74, 6) is 0.688. The van der Waals surface area contributed by atoms with Gasteiger partial charge in [-0.15, -0.1) is 11.6 Å². The lowest BCUT2D eigenvalue weighted by Gasteiger charge is -2.02. The lowest BCUT2D eigenvalue weighted by atomic mass is 10.3. The van der Waals surface area contributed by atoms with Crippen molar-refractivity contribution >= 4 is 23.2 Å². The van der Waals surface area contributed by atoms with Gasteiger partial charge in [-0.25, -0.2) is 5.11 Å². The Bertz CT molecular complexity index is 89.1. The van der Waals surface area contributed by atoms with Crippen molar-refractivity contribution in [2.45, 2.75) is 31.2 Å². The van der Waals surface area contributed by atoms with Gasteiger partial charge < -0.3 is 4.74 Å². The molecule has 0 bridgehead atoms. The molecule has 0 aromatic rings. The Hall–Kier alpha value is 0.500. The van der Waals surface area contributed by atoms with E-state index in [0.717, 1.165) is 25.9 Å². The standard InChI is InChI=1S/C8H15Cl2O2/c9-5-1-2-6-12-7-3-4-8(10)11/h8H,1-7H2. The Kier molecular flexibility index (Phi) is 9.99. The minimum Gasteiger partial charge on any atom is -0.381 e. The van der Waals surface area contributed by atoms with E-state index in [9.17, 15) is 5.11 Å². The summed E-state index contributed by atoms with van der Waals surface area (Å²) in [7, 11) is 0. The Morgan fingerprint density at radius 1 is 1.17 bits per heavy atom. The Labute approximate surface area is 83.8 Å². The summed E-state index contributed by atoms with van der Waals surface area (Å²) in [6.07, 6.45) is 3.21. The van der Waals surface area contributed by atoms with E-state index in [1.165, 1.54) is 0 Å². The first kappa shape index (κ1) is 12.5. The first-order valence-corrected chi connectivity index (χ1v) is 5.18. The third-order valence-corrected chi connectivity index (χ3v) is 1.88. The van der Waals surface area contributed by atoms with Gasteiger partial charge in [-0.1, -0.05) is 11.6 Å². The second-order valence-electron chi connectivity index (χ2n) is 2.56. The van der Waals surface area contributed by atoms with Crippen LogP contribution in [0, 0.1) is 0 Å². The van der Waals surface area contributed by atoms with Crippen molar-refractivity contribution in [3.8, 4) is 0 Å². The maximum atomic E-state index is 10.4. The number of halogens is 2. The highest BCUT2D eigenvalue weighted by Gasteiger charge is 1.98. The van der Waals surface area contributed by atoms with E-state index in [0.29, 0.717) is 18.9 Å². The van der Waals surface area contributed by atoms with Crippen molar-refractivity contribution in [1.82, 2.24) is 0 Å². The second-order valence-corrected chi connectivity index (χ2v) is 3.43. The predicted molar refractivity (Wildman–Crippen MR) is 50.3 cm³/mol.